The zero-order valence-electron chi connectivity index (χ0n) is 15.4. The number of aryl methyl sites for hydroxylation is 1. The lowest BCUT2D eigenvalue weighted by molar-refractivity contribution is 0.0928. The lowest BCUT2D eigenvalue weighted by atomic mass is 10.1. The molecule has 2 aromatic rings. The number of benzene rings is 1. The summed E-state index contributed by atoms with van der Waals surface area (Å²) in [5.74, 6) is 1.38. The third kappa shape index (κ3) is 3.57. The van der Waals surface area contributed by atoms with E-state index in [2.05, 4.69) is 38.4 Å². The Bertz CT molecular complexity index is 796. The molecule has 0 saturated heterocycles. The molecule has 1 saturated carbocycles. The van der Waals surface area contributed by atoms with E-state index in [1.54, 1.807) is 0 Å². The molecule has 26 heavy (non-hydrogen) atoms. The standard InChI is InChI=1S/C21H26N4O/c1-15-22-18(21(26)24-17-9-4-2-3-5-10-17)14-20(23-15)25-13-12-16-8-6-7-11-19(16)25/h6-8,11,14,17H,2-5,9-10,12-13H2,1H3,(H,24,26). The molecule has 1 aromatic heterocycles. The molecule has 0 atom stereocenters. The number of carbonyl (C=O) groups is 1. The zero-order valence-corrected chi connectivity index (χ0v) is 15.4. The van der Waals surface area contributed by atoms with E-state index < -0.39 is 0 Å². The van der Waals surface area contributed by atoms with Crippen LogP contribution in [0.4, 0.5) is 11.5 Å². The third-order valence-corrected chi connectivity index (χ3v) is 5.41. The Balaban J connectivity index is 1.56. The zero-order chi connectivity index (χ0) is 17.9. The van der Waals surface area contributed by atoms with Gasteiger partial charge in [0.1, 0.15) is 17.3 Å². The summed E-state index contributed by atoms with van der Waals surface area (Å²) in [4.78, 5) is 24.0. The highest BCUT2D eigenvalue weighted by Gasteiger charge is 2.23. The van der Waals surface area contributed by atoms with Crippen molar-refractivity contribution in [3.63, 3.8) is 0 Å². The maximum absolute atomic E-state index is 12.8. The number of nitrogens with zero attached hydrogens (tertiary/aromatic N) is 3. The first kappa shape index (κ1) is 17.0. The summed E-state index contributed by atoms with van der Waals surface area (Å²) < 4.78 is 0. The molecule has 0 bridgehead atoms. The topological polar surface area (TPSA) is 58.1 Å². The molecule has 0 spiro atoms. The van der Waals surface area contributed by atoms with Crippen LogP contribution >= 0.6 is 0 Å². The van der Waals surface area contributed by atoms with Crippen molar-refractivity contribution in [2.75, 3.05) is 11.4 Å². The molecule has 2 heterocycles. The monoisotopic (exact) mass is 350 g/mol. The maximum Gasteiger partial charge on any atom is 0.270 e. The van der Waals surface area contributed by atoms with Gasteiger partial charge in [0, 0.05) is 24.3 Å². The van der Waals surface area contributed by atoms with E-state index in [9.17, 15) is 4.79 Å². The van der Waals surface area contributed by atoms with Crippen LogP contribution in [0.25, 0.3) is 0 Å². The second-order valence-corrected chi connectivity index (χ2v) is 7.35. The summed E-state index contributed by atoms with van der Waals surface area (Å²) in [7, 11) is 0. The summed E-state index contributed by atoms with van der Waals surface area (Å²) in [6.07, 6.45) is 8.09. The predicted molar refractivity (Wildman–Crippen MR) is 103 cm³/mol. The molecule has 1 aliphatic carbocycles. The van der Waals surface area contributed by atoms with Crippen molar-refractivity contribution in [3.05, 3.63) is 47.4 Å². The summed E-state index contributed by atoms with van der Waals surface area (Å²) in [5.41, 5.74) is 2.98. The van der Waals surface area contributed by atoms with Crippen LogP contribution in [0.2, 0.25) is 0 Å². The summed E-state index contributed by atoms with van der Waals surface area (Å²) >= 11 is 0. The van der Waals surface area contributed by atoms with Crippen LogP contribution in [-0.2, 0) is 6.42 Å². The van der Waals surface area contributed by atoms with Crippen molar-refractivity contribution < 1.29 is 4.79 Å². The van der Waals surface area contributed by atoms with Crippen LogP contribution in [0.5, 0.6) is 0 Å². The van der Waals surface area contributed by atoms with Gasteiger partial charge in [-0.05, 0) is 37.8 Å². The maximum atomic E-state index is 12.8. The fourth-order valence-electron chi connectivity index (χ4n) is 4.07. The first-order valence-corrected chi connectivity index (χ1v) is 9.73. The van der Waals surface area contributed by atoms with Crippen LogP contribution in [0, 0.1) is 6.92 Å². The summed E-state index contributed by atoms with van der Waals surface area (Å²) in [6.45, 7) is 2.74. The molecule has 5 nitrogen and oxygen atoms in total. The molecule has 0 unspecified atom stereocenters. The van der Waals surface area contributed by atoms with Gasteiger partial charge in [-0.1, -0.05) is 43.9 Å². The van der Waals surface area contributed by atoms with E-state index in [4.69, 9.17) is 0 Å². The molecule has 1 aliphatic heterocycles. The van der Waals surface area contributed by atoms with Gasteiger partial charge in [0.05, 0.1) is 0 Å². The second-order valence-electron chi connectivity index (χ2n) is 7.35. The molecule has 0 radical (unpaired) electrons. The summed E-state index contributed by atoms with van der Waals surface area (Å²) in [5, 5.41) is 3.19. The minimum absolute atomic E-state index is 0.0730. The first-order chi connectivity index (χ1) is 12.7. The van der Waals surface area contributed by atoms with E-state index in [-0.39, 0.29) is 11.9 Å². The molecule has 4 rings (SSSR count). The van der Waals surface area contributed by atoms with Gasteiger partial charge in [0.15, 0.2) is 0 Å². The third-order valence-electron chi connectivity index (χ3n) is 5.41. The molecule has 5 heteroatoms. The number of rotatable bonds is 3. The lowest BCUT2D eigenvalue weighted by Gasteiger charge is -2.20. The van der Waals surface area contributed by atoms with E-state index in [1.165, 1.54) is 36.9 Å². The highest BCUT2D eigenvalue weighted by Crippen LogP contribution is 2.33. The van der Waals surface area contributed by atoms with Crippen LogP contribution in [0.3, 0.4) is 0 Å². The van der Waals surface area contributed by atoms with Gasteiger partial charge in [0.25, 0.3) is 5.91 Å². The van der Waals surface area contributed by atoms with Gasteiger partial charge >= 0.3 is 0 Å². The quantitative estimate of drug-likeness (QED) is 0.852. The molecular formula is C21H26N4O. The number of fused-ring (bicyclic) bond motifs is 1. The fraction of sp³-hybridized carbons (Fsp3) is 0.476. The number of carbonyl (C=O) groups excluding carboxylic acids is 1. The second kappa shape index (κ2) is 7.44. The van der Waals surface area contributed by atoms with Crippen molar-refractivity contribution in [2.24, 2.45) is 0 Å². The Morgan fingerprint density at radius 2 is 1.88 bits per heavy atom. The van der Waals surface area contributed by atoms with Crippen molar-refractivity contribution in [1.29, 1.82) is 0 Å². The van der Waals surface area contributed by atoms with Gasteiger partial charge in [0.2, 0.25) is 0 Å². The van der Waals surface area contributed by atoms with Crippen LogP contribution in [0.15, 0.2) is 30.3 Å². The average molecular weight is 350 g/mol. The number of amides is 1. The molecule has 1 fully saturated rings. The number of hydrogen-bond acceptors (Lipinski definition) is 4. The number of aromatic nitrogens is 2. The number of para-hydroxylation sites is 1. The molecule has 1 amide bonds. The predicted octanol–water partition coefficient (Wildman–Crippen LogP) is 3.93. The Morgan fingerprint density at radius 1 is 1.12 bits per heavy atom. The van der Waals surface area contributed by atoms with Gasteiger partial charge in [-0.2, -0.15) is 0 Å². The highest BCUT2D eigenvalue weighted by atomic mass is 16.1. The SMILES string of the molecule is Cc1nc(C(=O)NC2CCCCCC2)cc(N2CCc3ccccc32)n1. The van der Waals surface area contributed by atoms with E-state index >= 15 is 0 Å². The number of hydrogen-bond donors (Lipinski definition) is 1. The molecular weight excluding hydrogens is 324 g/mol. The first-order valence-electron chi connectivity index (χ1n) is 9.73. The van der Waals surface area contributed by atoms with Gasteiger partial charge < -0.3 is 10.2 Å². The van der Waals surface area contributed by atoms with Crippen LogP contribution in [-0.4, -0.2) is 28.5 Å². The van der Waals surface area contributed by atoms with Crippen LogP contribution in [0.1, 0.15) is 60.4 Å². The lowest BCUT2D eigenvalue weighted by Crippen LogP contribution is -2.35. The largest absolute Gasteiger partial charge is 0.348 e. The molecule has 1 N–H and O–H groups in total. The van der Waals surface area contributed by atoms with Crippen molar-refractivity contribution in [1.82, 2.24) is 15.3 Å². The molecule has 136 valence electrons. The van der Waals surface area contributed by atoms with Gasteiger partial charge in [-0.3, -0.25) is 4.79 Å². The van der Waals surface area contributed by atoms with E-state index in [1.807, 2.05) is 19.1 Å². The van der Waals surface area contributed by atoms with E-state index in [0.717, 1.165) is 31.6 Å². The van der Waals surface area contributed by atoms with E-state index in [0.29, 0.717) is 11.5 Å². The van der Waals surface area contributed by atoms with Crippen LogP contribution < -0.4 is 10.2 Å². The Morgan fingerprint density at radius 3 is 2.69 bits per heavy atom. The van der Waals surface area contributed by atoms with Gasteiger partial charge in [-0.15, -0.1) is 0 Å². The molecule has 2 aliphatic rings. The van der Waals surface area contributed by atoms with Crippen molar-refractivity contribution in [2.45, 2.75) is 57.9 Å². The smallest absolute Gasteiger partial charge is 0.270 e. The normalized spacial score (nSPS) is 17.7. The summed E-state index contributed by atoms with van der Waals surface area (Å²) in [6, 6.07) is 10.5. The van der Waals surface area contributed by atoms with Crippen molar-refractivity contribution >= 4 is 17.4 Å². The number of anilines is 2. The average Bonchev–Trinajstić information content (AvgIpc) is 2.91. The Kier molecular flexibility index (Phi) is 4.87. The minimum Gasteiger partial charge on any atom is -0.348 e. The number of nitrogens with one attached hydrogen (secondary N) is 1. The minimum atomic E-state index is -0.0730. The van der Waals surface area contributed by atoms with Crippen molar-refractivity contribution in [3.8, 4) is 0 Å². The molecule has 1 aromatic carbocycles. The Labute approximate surface area is 154 Å². The fourth-order valence-corrected chi connectivity index (χ4v) is 4.07. The Hall–Kier alpha value is -2.43. The highest BCUT2D eigenvalue weighted by molar-refractivity contribution is 5.93. The van der Waals surface area contributed by atoms with Gasteiger partial charge in [-0.25, -0.2) is 9.97 Å².